The fraction of sp³-hybridized carbons (Fsp3) is 0.615. The van der Waals surface area contributed by atoms with Crippen LogP contribution in [0.5, 0.6) is 0 Å². The third-order valence-electron chi connectivity index (χ3n) is 3.41. The molecule has 0 aliphatic carbocycles. The van der Waals surface area contributed by atoms with Crippen LogP contribution >= 0.6 is 0 Å². The van der Waals surface area contributed by atoms with Crippen molar-refractivity contribution in [2.45, 2.75) is 19.8 Å². The van der Waals surface area contributed by atoms with Crippen LogP contribution in [0.15, 0.2) is 18.5 Å². The Kier molecular flexibility index (Phi) is 4.68. The second-order valence-electron chi connectivity index (χ2n) is 5.14. The van der Waals surface area contributed by atoms with Gasteiger partial charge in [-0.3, -0.25) is 15.1 Å². The van der Waals surface area contributed by atoms with Crippen LogP contribution in [0.25, 0.3) is 0 Å². The smallest absolute Gasteiger partial charge is 0.310 e. The summed E-state index contributed by atoms with van der Waals surface area (Å²) in [7, 11) is 0. The SMILES string of the molecule is CC(CNc1ccncc1[N+](=O)[O-])CN1CCCC1. The highest BCUT2D eigenvalue weighted by molar-refractivity contribution is 5.59. The van der Waals surface area contributed by atoms with Gasteiger partial charge in [-0.15, -0.1) is 0 Å². The van der Waals surface area contributed by atoms with E-state index in [1.807, 2.05) is 0 Å². The van der Waals surface area contributed by atoms with Crippen LogP contribution in [0.1, 0.15) is 19.8 Å². The van der Waals surface area contributed by atoms with Crippen LogP contribution in [-0.4, -0.2) is 41.0 Å². The summed E-state index contributed by atoms with van der Waals surface area (Å²) in [5.74, 6) is 0.464. The molecule has 1 atom stereocenters. The van der Waals surface area contributed by atoms with Crippen LogP contribution in [0.2, 0.25) is 0 Å². The van der Waals surface area contributed by atoms with Crippen molar-refractivity contribution < 1.29 is 4.92 Å². The second-order valence-corrected chi connectivity index (χ2v) is 5.14. The van der Waals surface area contributed by atoms with Gasteiger partial charge in [0.2, 0.25) is 0 Å². The summed E-state index contributed by atoms with van der Waals surface area (Å²) in [6.45, 7) is 6.31. The van der Waals surface area contributed by atoms with Gasteiger partial charge in [0.15, 0.2) is 0 Å². The van der Waals surface area contributed by atoms with E-state index >= 15 is 0 Å². The first-order valence-corrected chi connectivity index (χ1v) is 6.71. The zero-order valence-corrected chi connectivity index (χ0v) is 11.2. The fourth-order valence-corrected chi connectivity index (χ4v) is 2.44. The molecule has 0 amide bonds. The number of nitro groups is 1. The van der Waals surface area contributed by atoms with Gasteiger partial charge < -0.3 is 10.2 Å². The number of hydrogen-bond acceptors (Lipinski definition) is 5. The molecule has 1 aliphatic rings. The Balaban J connectivity index is 1.85. The molecule has 0 spiro atoms. The van der Waals surface area contributed by atoms with E-state index in [4.69, 9.17) is 0 Å². The molecule has 0 aromatic carbocycles. The summed E-state index contributed by atoms with van der Waals surface area (Å²) < 4.78 is 0. The molecule has 104 valence electrons. The first-order chi connectivity index (χ1) is 9.16. The lowest BCUT2D eigenvalue weighted by Gasteiger charge is -2.20. The summed E-state index contributed by atoms with van der Waals surface area (Å²) in [4.78, 5) is 16.7. The standard InChI is InChI=1S/C13H20N4O2/c1-11(10-16-6-2-3-7-16)8-15-12-4-5-14-9-13(12)17(18)19/h4-5,9,11H,2-3,6-8,10H2,1H3,(H,14,15). The van der Waals surface area contributed by atoms with Crippen molar-refractivity contribution >= 4 is 11.4 Å². The third kappa shape index (κ3) is 3.89. The summed E-state index contributed by atoms with van der Waals surface area (Å²) in [6, 6.07) is 1.65. The highest BCUT2D eigenvalue weighted by Crippen LogP contribution is 2.22. The molecule has 1 N–H and O–H groups in total. The quantitative estimate of drug-likeness (QED) is 0.629. The maximum atomic E-state index is 10.9. The predicted molar refractivity (Wildman–Crippen MR) is 74.2 cm³/mol. The van der Waals surface area contributed by atoms with Gasteiger partial charge in [0, 0.05) is 19.3 Å². The largest absolute Gasteiger partial charge is 0.379 e. The van der Waals surface area contributed by atoms with E-state index in [1.165, 1.54) is 32.1 Å². The van der Waals surface area contributed by atoms with Gasteiger partial charge in [0.1, 0.15) is 11.9 Å². The lowest BCUT2D eigenvalue weighted by Crippen LogP contribution is -2.28. The van der Waals surface area contributed by atoms with Crippen molar-refractivity contribution in [3.05, 3.63) is 28.6 Å². The molecule has 6 nitrogen and oxygen atoms in total. The number of anilines is 1. The monoisotopic (exact) mass is 264 g/mol. The fourth-order valence-electron chi connectivity index (χ4n) is 2.44. The highest BCUT2D eigenvalue weighted by atomic mass is 16.6. The molecule has 0 radical (unpaired) electrons. The van der Waals surface area contributed by atoms with E-state index in [-0.39, 0.29) is 5.69 Å². The molecule has 0 bridgehead atoms. The second kappa shape index (κ2) is 6.47. The van der Waals surface area contributed by atoms with Gasteiger partial charge in [-0.05, 0) is 37.9 Å². The van der Waals surface area contributed by atoms with Gasteiger partial charge in [-0.25, -0.2) is 0 Å². The molecular formula is C13H20N4O2. The minimum absolute atomic E-state index is 0.0378. The van der Waals surface area contributed by atoms with E-state index in [9.17, 15) is 10.1 Å². The topological polar surface area (TPSA) is 71.3 Å². The van der Waals surface area contributed by atoms with Crippen molar-refractivity contribution in [1.82, 2.24) is 9.88 Å². The van der Waals surface area contributed by atoms with E-state index in [1.54, 1.807) is 12.3 Å². The number of pyridine rings is 1. The average Bonchev–Trinajstić information content (AvgIpc) is 2.89. The number of aromatic nitrogens is 1. The number of nitrogens with zero attached hydrogens (tertiary/aromatic N) is 3. The minimum atomic E-state index is -0.402. The molecule has 6 heteroatoms. The van der Waals surface area contributed by atoms with Crippen molar-refractivity contribution in [2.75, 3.05) is 31.5 Å². The number of likely N-dealkylation sites (tertiary alicyclic amines) is 1. The van der Waals surface area contributed by atoms with Crippen molar-refractivity contribution in [3.63, 3.8) is 0 Å². The maximum absolute atomic E-state index is 10.9. The van der Waals surface area contributed by atoms with Crippen LogP contribution in [-0.2, 0) is 0 Å². The Labute approximate surface area is 113 Å². The highest BCUT2D eigenvalue weighted by Gasteiger charge is 2.16. The predicted octanol–water partition coefficient (Wildman–Crippen LogP) is 2.13. The first kappa shape index (κ1) is 13.7. The first-order valence-electron chi connectivity index (χ1n) is 6.71. The molecule has 0 saturated carbocycles. The molecule has 2 rings (SSSR count). The molecule has 2 heterocycles. The molecule has 19 heavy (non-hydrogen) atoms. The number of nitrogens with one attached hydrogen (secondary N) is 1. The van der Waals surface area contributed by atoms with Gasteiger partial charge >= 0.3 is 5.69 Å². The van der Waals surface area contributed by atoms with Crippen molar-refractivity contribution in [2.24, 2.45) is 5.92 Å². The van der Waals surface area contributed by atoms with Gasteiger partial charge in [-0.1, -0.05) is 6.92 Å². The molecular weight excluding hydrogens is 244 g/mol. The normalized spacial score (nSPS) is 17.3. The van der Waals surface area contributed by atoms with Crippen LogP contribution in [0, 0.1) is 16.0 Å². The molecule has 1 aromatic rings. The van der Waals surface area contributed by atoms with E-state index < -0.39 is 4.92 Å². The Hall–Kier alpha value is -1.69. The molecule has 1 saturated heterocycles. The summed E-state index contributed by atoms with van der Waals surface area (Å²) in [5, 5.41) is 14.0. The Morgan fingerprint density at radius 3 is 2.95 bits per heavy atom. The van der Waals surface area contributed by atoms with E-state index in [0.29, 0.717) is 11.6 Å². The zero-order chi connectivity index (χ0) is 13.7. The Morgan fingerprint density at radius 2 is 2.26 bits per heavy atom. The molecule has 1 fully saturated rings. The molecule has 1 aliphatic heterocycles. The van der Waals surface area contributed by atoms with Crippen LogP contribution < -0.4 is 5.32 Å². The van der Waals surface area contributed by atoms with Gasteiger partial charge in [0.05, 0.1) is 4.92 Å². The third-order valence-corrected chi connectivity index (χ3v) is 3.41. The molecule has 1 unspecified atom stereocenters. The Morgan fingerprint density at radius 1 is 1.53 bits per heavy atom. The Bertz CT molecular complexity index is 432. The summed E-state index contributed by atoms with van der Waals surface area (Å²) in [5.41, 5.74) is 0.587. The van der Waals surface area contributed by atoms with Crippen LogP contribution in [0.3, 0.4) is 0 Å². The van der Waals surface area contributed by atoms with Crippen molar-refractivity contribution in [3.8, 4) is 0 Å². The van der Waals surface area contributed by atoms with Gasteiger partial charge in [-0.2, -0.15) is 0 Å². The summed E-state index contributed by atoms with van der Waals surface area (Å²) in [6.07, 6.45) is 5.43. The van der Waals surface area contributed by atoms with Crippen molar-refractivity contribution in [1.29, 1.82) is 0 Å². The lowest BCUT2D eigenvalue weighted by atomic mass is 10.1. The number of rotatable bonds is 6. The van der Waals surface area contributed by atoms with Crippen LogP contribution in [0.4, 0.5) is 11.4 Å². The van der Waals surface area contributed by atoms with E-state index in [0.717, 1.165) is 13.1 Å². The minimum Gasteiger partial charge on any atom is -0.379 e. The maximum Gasteiger partial charge on any atom is 0.310 e. The van der Waals surface area contributed by atoms with Gasteiger partial charge in [0.25, 0.3) is 0 Å². The lowest BCUT2D eigenvalue weighted by molar-refractivity contribution is -0.384. The molecule has 1 aromatic heterocycles. The average molecular weight is 264 g/mol. The zero-order valence-electron chi connectivity index (χ0n) is 11.2. The van der Waals surface area contributed by atoms with E-state index in [2.05, 4.69) is 22.1 Å². The number of hydrogen-bond donors (Lipinski definition) is 1. The summed E-state index contributed by atoms with van der Waals surface area (Å²) >= 11 is 0.